The predicted octanol–water partition coefficient (Wildman–Crippen LogP) is 2.50. The Morgan fingerprint density at radius 3 is 2.11 bits per heavy atom. The summed E-state index contributed by atoms with van der Waals surface area (Å²) in [7, 11) is 4.12. The summed E-state index contributed by atoms with van der Waals surface area (Å²) in [5, 5.41) is 0. The summed E-state index contributed by atoms with van der Waals surface area (Å²) in [5.74, 6) is 0.526. The van der Waals surface area contributed by atoms with Crippen molar-refractivity contribution in [1.82, 2.24) is 14.7 Å². The number of urea groups is 1. The average molecular weight is 269 g/mol. The van der Waals surface area contributed by atoms with E-state index in [4.69, 9.17) is 0 Å². The molecule has 112 valence electrons. The second-order valence-corrected chi connectivity index (χ2v) is 6.33. The molecule has 0 saturated carbocycles. The topological polar surface area (TPSA) is 26.8 Å². The first-order valence-electron chi connectivity index (χ1n) is 7.69. The second kappa shape index (κ2) is 8.41. The van der Waals surface area contributed by atoms with E-state index < -0.39 is 0 Å². The van der Waals surface area contributed by atoms with Gasteiger partial charge in [0.05, 0.1) is 0 Å². The highest BCUT2D eigenvalue weighted by atomic mass is 16.2. The van der Waals surface area contributed by atoms with Crippen LogP contribution in [0.1, 0.15) is 39.5 Å². The molecule has 1 aliphatic heterocycles. The summed E-state index contributed by atoms with van der Waals surface area (Å²) in [6, 6.07) is 0.248. The van der Waals surface area contributed by atoms with E-state index in [2.05, 4.69) is 37.7 Å². The van der Waals surface area contributed by atoms with E-state index >= 15 is 0 Å². The van der Waals surface area contributed by atoms with Crippen molar-refractivity contribution in [1.29, 1.82) is 0 Å². The maximum absolute atomic E-state index is 12.6. The van der Waals surface area contributed by atoms with Crippen molar-refractivity contribution in [3.05, 3.63) is 0 Å². The minimum absolute atomic E-state index is 0.248. The van der Waals surface area contributed by atoms with Crippen LogP contribution < -0.4 is 0 Å². The molecule has 19 heavy (non-hydrogen) atoms. The smallest absolute Gasteiger partial charge is 0.320 e. The van der Waals surface area contributed by atoms with Crippen molar-refractivity contribution >= 4 is 6.03 Å². The Balaban J connectivity index is 2.57. The molecule has 4 nitrogen and oxygen atoms in total. The quantitative estimate of drug-likeness (QED) is 0.767. The van der Waals surface area contributed by atoms with Crippen LogP contribution in [-0.2, 0) is 0 Å². The second-order valence-electron chi connectivity index (χ2n) is 6.33. The maximum atomic E-state index is 12.6. The summed E-state index contributed by atoms with van der Waals surface area (Å²) in [6.07, 6.45) is 4.86. The molecular formula is C15H31N3O. The van der Waals surface area contributed by atoms with Crippen LogP contribution in [0.15, 0.2) is 0 Å². The van der Waals surface area contributed by atoms with Gasteiger partial charge in [0.2, 0.25) is 0 Å². The molecule has 0 unspecified atom stereocenters. The van der Waals surface area contributed by atoms with Gasteiger partial charge in [0.15, 0.2) is 0 Å². The molecule has 0 aromatic rings. The minimum Gasteiger partial charge on any atom is -0.325 e. The maximum Gasteiger partial charge on any atom is 0.320 e. The summed E-state index contributed by atoms with van der Waals surface area (Å²) in [6.45, 7) is 8.87. The number of hydrogen-bond donors (Lipinski definition) is 0. The average Bonchev–Trinajstić information content (AvgIpc) is 2.61. The highest BCUT2D eigenvalue weighted by Gasteiger charge is 2.22. The number of carbonyl (C=O) groups excluding carboxylic acids is 1. The van der Waals surface area contributed by atoms with E-state index in [-0.39, 0.29) is 6.03 Å². The van der Waals surface area contributed by atoms with Gasteiger partial charge in [-0.25, -0.2) is 4.79 Å². The lowest BCUT2D eigenvalue weighted by molar-refractivity contribution is 0.144. The van der Waals surface area contributed by atoms with Crippen LogP contribution in [0.4, 0.5) is 4.79 Å². The van der Waals surface area contributed by atoms with Crippen LogP contribution in [0, 0.1) is 5.92 Å². The number of carbonyl (C=O) groups is 1. The fourth-order valence-electron chi connectivity index (χ4n) is 2.49. The fourth-order valence-corrected chi connectivity index (χ4v) is 2.49. The highest BCUT2D eigenvalue weighted by molar-refractivity contribution is 5.74. The number of hydrogen-bond acceptors (Lipinski definition) is 2. The third kappa shape index (κ3) is 6.28. The Bertz CT molecular complexity index is 258. The Morgan fingerprint density at radius 2 is 1.63 bits per heavy atom. The third-order valence-electron chi connectivity index (χ3n) is 3.55. The number of amides is 2. The van der Waals surface area contributed by atoms with Crippen molar-refractivity contribution in [3.63, 3.8) is 0 Å². The van der Waals surface area contributed by atoms with Crippen LogP contribution in [0.25, 0.3) is 0 Å². The third-order valence-corrected chi connectivity index (χ3v) is 3.55. The van der Waals surface area contributed by atoms with E-state index in [0.717, 1.165) is 45.6 Å². The molecule has 0 radical (unpaired) electrons. The normalized spacial score (nSPS) is 16.8. The Labute approximate surface area is 118 Å². The first kappa shape index (κ1) is 16.3. The van der Waals surface area contributed by atoms with E-state index in [0.29, 0.717) is 5.92 Å². The van der Waals surface area contributed by atoms with Crippen molar-refractivity contribution in [2.75, 3.05) is 46.8 Å². The van der Waals surface area contributed by atoms with Gasteiger partial charge in [0.25, 0.3) is 0 Å². The number of nitrogens with zero attached hydrogens (tertiary/aromatic N) is 3. The van der Waals surface area contributed by atoms with E-state index in [9.17, 15) is 4.79 Å². The van der Waals surface area contributed by atoms with Gasteiger partial charge in [0.1, 0.15) is 0 Å². The van der Waals surface area contributed by atoms with Crippen molar-refractivity contribution in [2.45, 2.75) is 39.5 Å². The largest absolute Gasteiger partial charge is 0.325 e. The molecule has 1 rings (SSSR count). The van der Waals surface area contributed by atoms with Gasteiger partial charge in [-0.1, -0.05) is 26.7 Å². The molecule has 1 heterocycles. The summed E-state index contributed by atoms with van der Waals surface area (Å²) in [5.41, 5.74) is 0. The first-order chi connectivity index (χ1) is 9.00. The summed E-state index contributed by atoms with van der Waals surface area (Å²) in [4.78, 5) is 18.9. The summed E-state index contributed by atoms with van der Waals surface area (Å²) < 4.78 is 0. The van der Waals surface area contributed by atoms with Crippen molar-refractivity contribution < 1.29 is 4.79 Å². The lowest BCUT2D eigenvalue weighted by Gasteiger charge is -2.32. The van der Waals surface area contributed by atoms with Crippen LogP contribution in [0.5, 0.6) is 0 Å². The summed E-state index contributed by atoms with van der Waals surface area (Å²) >= 11 is 0. The zero-order valence-electron chi connectivity index (χ0n) is 13.2. The number of likely N-dealkylation sites (tertiary alicyclic amines) is 1. The molecule has 1 saturated heterocycles. The zero-order valence-corrected chi connectivity index (χ0v) is 13.2. The molecule has 0 aliphatic carbocycles. The number of rotatable bonds is 5. The Kier molecular flexibility index (Phi) is 7.21. The van der Waals surface area contributed by atoms with Crippen LogP contribution >= 0.6 is 0 Å². The van der Waals surface area contributed by atoms with Gasteiger partial charge in [-0.2, -0.15) is 0 Å². The lowest BCUT2D eigenvalue weighted by Crippen LogP contribution is -2.47. The molecular weight excluding hydrogens is 238 g/mol. The van der Waals surface area contributed by atoms with Crippen LogP contribution in [0.3, 0.4) is 0 Å². The molecule has 0 atom stereocenters. The van der Waals surface area contributed by atoms with Gasteiger partial charge in [-0.05, 0) is 32.9 Å². The van der Waals surface area contributed by atoms with Crippen molar-refractivity contribution in [3.8, 4) is 0 Å². The molecule has 4 heteroatoms. The van der Waals surface area contributed by atoms with E-state index in [1.807, 2.05) is 4.90 Å². The molecule has 0 spiro atoms. The molecule has 1 aliphatic rings. The van der Waals surface area contributed by atoms with Gasteiger partial charge < -0.3 is 14.7 Å². The molecule has 0 aromatic heterocycles. The van der Waals surface area contributed by atoms with Gasteiger partial charge in [0, 0.05) is 32.7 Å². The fraction of sp³-hybridized carbons (Fsp3) is 0.933. The Morgan fingerprint density at radius 1 is 1.05 bits per heavy atom. The molecule has 2 amide bonds. The van der Waals surface area contributed by atoms with E-state index in [1.54, 1.807) is 0 Å². The predicted molar refractivity (Wildman–Crippen MR) is 80.4 cm³/mol. The monoisotopic (exact) mass is 269 g/mol. The Hall–Kier alpha value is -0.770. The number of likely N-dealkylation sites (N-methyl/N-ethyl adjacent to an activating group) is 1. The SMILES string of the molecule is CC(C)CN(CCN(C)C)C(=O)N1CCCCCC1. The van der Waals surface area contributed by atoms with Gasteiger partial charge >= 0.3 is 6.03 Å². The van der Waals surface area contributed by atoms with Crippen molar-refractivity contribution in [2.24, 2.45) is 5.92 Å². The first-order valence-corrected chi connectivity index (χ1v) is 7.69. The van der Waals surface area contributed by atoms with Crippen LogP contribution in [-0.4, -0.2) is 67.5 Å². The standard InChI is InChI=1S/C15H31N3O/c1-14(2)13-18(12-11-16(3)4)15(19)17-9-7-5-6-8-10-17/h14H,5-13H2,1-4H3. The van der Waals surface area contributed by atoms with E-state index in [1.165, 1.54) is 12.8 Å². The minimum atomic E-state index is 0.248. The lowest BCUT2D eigenvalue weighted by atomic mass is 10.2. The zero-order chi connectivity index (χ0) is 14.3. The molecule has 0 aromatic carbocycles. The van der Waals surface area contributed by atoms with Gasteiger partial charge in [-0.3, -0.25) is 0 Å². The molecule has 0 N–H and O–H groups in total. The highest BCUT2D eigenvalue weighted by Crippen LogP contribution is 2.12. The van der Waals surface area contributed by atoms with Gasteiger partial charge in [-0.15, -0.1) is 0 Å². The van der Waals surface area contributed by atoms with Crippen LogP contribution in [0.2, 0.25) is 0 Å². The molecule has 1 fully saturated rings. The molecule has 0 bridgehead atoms.